The SMILES string of the molecule is CSc1ccccc1C(=O)NCC(C)C(N)=S. The number of hydrogen-bond acceptors (Lipinski definition) is 3. The number of thiocarbonyl (C=S) groups is 1. The quantitative estimate of drug-likeness (QED) is 0.634. The van der Waals surface area contributed by atoms with Crippen molar-refractivity contribution in [2.24, 2.45) is 11.7 Å². The van der Waals surface area contributed by atoms with E-state index in [1.165, 1.54) is 0 Å². The van der Waals surface area contributed by atoms with Crippen LogP contribution in [0, 0.1) is 5.92 Å². The molecule has 0 aromatic heterocycles. The molecule has 1 aromatic rings. The topological polar surface area (TPSA) is 55.1 Å². The van der Waals surface area contributed by atoms with Crippen molar-refractivity contribution in [3.63, 3.8) is 0 Å². The summed E-state index contributed by atoms with van der Waals surface area (Å²) in [6.45, 7) is 2.36. The second kappa shape index (κ2) is 6.61. The minimum absolute atomic E-state index is 0.00962. The molecule has 17 heavy (non-hydrogen) atoms. The van der Waals surface area contributed by atoms with Crippen molar-refractivity contribution < 1.29 is 4.79 Å². The highest BCUT2D eigenvalue weighted by Crippen LogP contribution is 2.19. The third-order valence-electron chi connectivity index (χ3n) is 2.41. The summed E-state index contributed by atoms with van der Waals surface area (Å²) in [5.74, 6) is -0.0755. The number of hydrogen-bond donors (Lipinski definition) is 2. The van der Waals surface area contributed by atoms with E-state index in [9.17, 15) is 4.79 Å². The molecule has 0 heterocycles. The second-order valence-corrected chi connectivity index (χ2v) is 5.03. The van der Waals surface area contributed by atoms with Crippen LogP contribution in [0.25, 0.3) is 0 Å². The summed E-state index contributed by atoms with van der Waals surface area (Å²) in [5.41, 5.74) is 6.18. The van der Waals surface area contributed by atoms with Crippen molar-refractivity contribution >= 4 is 34.9 Å². The van der Waals surface area contributed by atoms with Gasteiger partial charge < -0.3 is 11.1 Å². The summed E-state index contributed by atoms with van der Waals surface area (Å²) in [6, 6.07) is 7.51. The fourth-order valence-electron chi connectivity index (χ4n) is 1.27. The van der Waals surface area contributed by atoms with Gasteiger partial charge in [0.2, 0.25) is 0 Å². The Morgan fingerprint density at radius 3 is 2.76 bits per heavy atom. The maximum absolute atomic E-state index is 11.9. The molecule has 92 valence electrons. The van der Waals surface area contributed by atoms with Gasteiger partial charge >= 0.3 is 0 Å². The van der Waals surface area contributed by atoms with Gasteiger partial charge in [0.1, 0.15) is 0 Å². The molecule has 1 amide bonds. The van der Waals surface area contributed by atoms with Gasteiger partial charge in [-0.2, -0.15) is 0 Å². The molecule has 0 aliphatic rings. The molecule has 3 nitrogen and oxygen atoms in total. The van der Waals surface area contributed by atoms with Crippen molar-refractivity contribution in [3.8, 4) is 0 Å². The summed E-state index contributed by atoms with van der Waals surface area (Å²) in [4.78, 5) is 13.3. The number of carbonyl (C=O) groups excluding carboxylic acids is 1. The van der Waals surface area contributed by atoms with Crippen molar-refractivity contribution in [2.75, 3.05) is 12.8 Å². The minimum atomic E-state index is -0.0851. The van der Waals surface area contributed by atoms with Crippen LogP contribution in [0.5, 0.6) is 0 Å². The number of thioether (sulfide) groups is 1. The van der Waals surface area contributed by atoms with Gasteiger partial charge in [0, 0.05) is 17.4 Å². The summed E-state index contributed by atoms with van der Waals surface area (Å²) >= 11 is 6.41. The first-order valence-electron chi connectivity index (χ1n) is 5.26. The van der Waals surface area contributed by atoms with E-state index in [0.717, 1.165) is 4.90 Å². The van der Waals surface area contributed by atoms with Crippen molar-refractivity contribution in [1.82, 2.24) is 5.32 Å². The Morgan fingerprint density at radius 2 is 2.18 bits per heavy atom. The van der Waals surface area contributed by atoms with Gasteiger partial charge in [-0.15, -0.1) is 11.8 Å². The van der Waals surface area contributed by atoms with Crippen LogP contribution < -0.4 is 11.1 Å². The maximum Gasteiger partial charge on any atom is 0.252 e. The van der Waals surface area contributed by atoms with Crippen LogP contribution >= 0.6 is 24.0 Å². The van der Waals surface area contributed by atoms with Crippen LogP contribution in [0.3, 0.4) is 0 Å². The average Bonchev–Trinajstić information content (AvgIpc) is 2.35. The first-order valence-corrected chi connectivity index (χ1v) is 6.90. The molecular weight excluding hydrogens is 252 g/mol. The number of carbonyl (C=O) groups is 1. The third-order valence-corrected chi connectivity index (χ3v) is 3.60. The summed E-state index contributed by atoms with van der Waals surface area (Å²) in [7, 11) is 0. The molecular formula is C12H16N2OS2. The Labute approximate surface area is 111 Å². The van der Waals surface area contributed by atoms with Gasteiger partial charge in [0.15, 0.2) is 0 Å². The zero-order chi connectivity index (χ0) is 12.8. The molecule has 0 saturated carbocycles. The lowest BCUT2D eigenvalue weighted by atomic mass is 10.1. The fraction of sp³-hybridized carbons (Fsp3) is 0.333. The summed E-state index contributed by atoms with van der Waals surface area (Å²) in [6.07, 6.45) is 1.95. The third kappa shape index (κ3) is 4.02. The van der Waals surface area contributed by atoms with E-state index in [1.54, 1.807) is 11.8 Å². The second-order valence-electron chi connectivity index (χ2n) is 3.71. The van der Waals surface area contributed by atoms with Crippen LogP contribution in [0.15, 0.2) is 29.2 Å². The Morgan fingerprint density at radius 1 is 1.53 bits per heavy atom. The molecule has 1 rings (SSSR count). The van der Waals surface area contributed by atoms with E-state index in [1.807, 2.05) is 37.4 Å². The summed E-state index contributed by atoms with van der Waals surface area (Å²) in [5, 5.41) is 2.84. The molecule has 1 aromatic carbocycles. The maximum atomic E-state index is 11.9. The first kappa shape index (κ1) is 14.0. The van der Waals surface area contributed by atoms with Crippen molar-refractivity contribution in [1.29, 1.82) is 0 Å². The Balaban J connectivity index is 2.67. The van der Waals surface area contributed by atoms with Crippen LogP contribution in [0.2, 0.25) is 0 Å². The highest BCUT2D eigenvalue weighted by molar-refractivity contribution is 7.98. The van der Waals surface area contributed by atoms with Crippen LogP contribution in [-0.2, 0) is 0 Å². The molecule has 0 spiro atoms. The molecule has 0 saturated heterocycles. The lowest BCUT2D eigenvalue weighted by Gasteiger charge is -2.12. The minimum Gasteiger partial charge on any atom is -0.393 e. The lowest BCUT2D eigenvalue weighted by molar-refractivity contribution is 0.0948. The molecule has 0 bridgehead atoms. The van der Waals surface area contributed by atoms with Gasteiger partial charge in [-0.3, -0.25) is 4.79 Å². The first-order chi connectivity index (χ1) is 8.06. The van der Waals surface area contributed by atoms with Crippen molar-refractivity contribution in [2.45, 2.75) is 11.8 Å². The highest BCUT2D eigenvalue weighted by Gasteiger charge is 2.12. The summed E-state index contributed by atoms with van der Waals surface area (Å²) < 4.78 is 0. The number of benzene rings is 1. The van der Waals surface area contributed by atoms with Crippen molar-refractivity contribution in [3.05, 3.63) is 29.8 Å². The lowest BCUT2D eigenvalue weighted by Crippen LogP contribution is -2.33. The molecule has 0 radical (unpaired) electrons. The van der Waals surface area contributed by atoms with Gasteiger partial charge in [-0.25, -0.2) is 0 Å². The smallest absolute Gasteiger partial charge is 0.252 e. The van der Waals surface area contributed by atoms with Gasteiger partial charge in [0.05, 0.1) is 10.6 Å². The van der Waals surface area contributed by atoms with Crippen LogP contribution in [-0.4, -0.2) is 23.7 Å². The number of rotatable bonds is 5. The van der Waals surface area contributed by atoms with E-state index < -0.39 is 0 Å². The van der Waals surface area contributed by atoms with E-state index in [-0.39, 0.29) is 11.8 Å². The largest absolute Gasteiger partial charge is 0.393 e. The molecule has 0 fully saturated rings. The average molecular weight is 268 g/mol. The number of nitrogens with two attached hydrogens (primary N) is 1. The number of amides is 1. The fourth-order valence-corrected chi connectivity index (χ4v) is 1.95. The molecule has 0 aliphatic carbocycles. The Bertz CT molecular complexity index is 421. The zero-order valence-corrected chi connectivity index (χ0v) is 11.5. The normalized spacial score (nSPS) is 11.9. The van der Waals surface area contributed by atoms with E-state index in [4.69, 9.17) is 18.0 Å². The monoisotopic (exact) mass is 268 g/mol. The molecule has 0 aliphatic heterocycles. The molecule has 1 unspecified atom stereocenters. The predicted octanol–water partition coefficient (Wildman–Crippen LogP) is 2.06. The molecule has 3 N–H and O–H groups in total. The van der Waals surface area contributed by atoms with Gasteiger partial charge in [-0.05, 0) is 18.4 Å². The van der Waals surface area contributed by atoms with Gasteiger partial charge in [-0.1, -0.05) is 31.3 Å². The predicted molar refractivity (Wildman–Crippen MR) is 76.5 cm³/mol. The molecule has 1 atom stereocenters. The van der Waals surface area contributed by atoms with Crippen LogP contribution in [0.1, 0.15) is 17.3 Å². The van der Waals surface area contributed by atoms with Crippen LogP contribution in [0.4, 0.5) is 0 Å². The Kier molecular flexibility index (Phi) is 5.44. The molecule has 5 heteroatoms. The zero-order valence-electron chi connectivity index (χ0n) is 9.90. The van der Waals surface area contributed by atoms with E-state index >= 15 is 0 Å². The highest BCUT2D eigenvalue weighted by atomic mass is 32.2. The number of nitrogens with one attached hydrogen (secondary N) is 1. The van der Waals surface area contributed by atoms with Gasteiger partial charge in [0.25, 0.3) is 5.91 Å². The Hall–Kier alpha value is -1.07. The standard InChI is InChI=1S/C12H16N2OS2/c1-8(11(13)16)7-14-12(15)9-5-3-4-6-10(9)17-2/h3-6,8H,7H2,1-2H3,(H2,13,16)(H,14,15). The van der Waals surface area contributed by atoms with E-state index in [0.29, 0.717) is 17.1 Å². The van der Waals surface area contributed by atoms with E-state index in [2.05, 4.69) is 5.32 Å².